The Labute approximate surface area is 104 Å². The van der Waals surface area contributed by atoms with E-state index >= 15 is 0 Å². The molecule has 1 aliphatic rings. The molecule has 0 bridgehead atoms. The SMILES string of the molecule is Cc1cc(NC2(C)CCCCC2)ccc1C#N. The van der Waals surface area contributed by atoms with Crippen LogP contribution in [0.1, 0.15) is 50.2 Å². The van der Waals surface area contributed by atoms with Crippen LogP contribution in [-0.2, 0) is 0 Å². The van der Waals surface area contributed by atoms with Crippen LogP contribution in [0.2, 0.25) is 0 Å². The number of hydrogen-bond acceptors (Lipinski definition) is 2. The van der Waals surface area contributed by atoms with Gasteiger partial charge in [0.25, 0.3) is 0 Å². The second-order valence-corrected chi connectivity index (χ2v) is 5.39. The Hall–Kier alpha value is -1.49. The van der Waals surface area contributed by atoms with Gasteiger partial charge in [-0.1, -0.05) is 19.3 Å². The van der Waals surface area contributed by atoms with E-state index in [1.165, 1.54) is 32.1 Å². The predicted molar refractivity (Wildman–Crippen MR) is 71.0 cm³/mol. The van der Waals surface area contributed by atoms with Crippen LogP contribution in [-0.4, -0.2) is 5.54 Å². The Balaban J connectivity index is 2.13. The number of hydrogen-bond donors (Lipinski definition) is 1. The van der Waals surface area contributed by atoms with Gasteiger partial charge >= 0.3 is 0 Å². The summed E-state index contributed by atoms with van der Waals surface area (Å²) in [5.41, 5.74) is 3.20. The van der Waals surface area contributed by atoms with Gasteiger partial charge in [-0.3, -0.25) is 0 Å². The van der Waals surface area contributed by atoms with E-state index in [-0.39, 0.29) is 5.54 Å². The van der Waals surface area contributed by atoms with Gasteiger partial charge in [-0.15, -0.1) is 0 Å². The molecule has 1 N–H and O–H groups in total. The molecule has 0 radical (unpaired) electrons. The summed E-state index contributed by atoms with van der Waals surface area (Å²) < 4.78 is 0. The molecule has 2 rings (SSSR count). The summed E-state index contributed by atoms with van der Waals surface area (Å²) in [6.07, 6.45) is 6.49. The summed E-state index contributed by atoms with van der Waals surface area (Å²) in [7, 11) is 0. The van der Waals surface area contributed by atoms with E-state index in [2.05, 4.69) is 24.4 Å². The van der Waals surface area contributed by atoms with E-state index in [0.29, 0.717) is 0 Å². The lowest BCUT2D eigenvalue weighted by molar-refractivity contribution is 0.349. The van der Waals surface area contributed by atoms with Crippen LogP contribution in [0.25, 0.3) is 0 Å². The van der Waals surface area contributed by atoms with Crippen LogP contribution in [0.4, 0.5) is 5.69 Å². The fraction of sp³-hybridized carbons (Fsp3) is 0.533. The first-order valence-electron chi connectivity index (χ1n) is 6.42. The van der Waals surface area contributed by atoms with Crippen molar-refractivity contribution in [3.63, 3.8) is 0 Å². The molecule has 0 aromatic heterocycles. The van der Waals surface area contributed by atoms with Crippen LogP contribution < -0.4 is 5.32 Å². The number of anilines is 1. The topological polar surface area (TPSA) is 35.8 Å². The largest absolute Gasteiger partial charge is 0.380 e. The third-order valence-corrected chi connectivity index (χ3v) is 3.75. The Morgan fingerprint density at radius 3 is 2.53 bits per heavy atom. The van der Waals surface area contributed by atoms with Crippen molar-refractivity contribution < 1.29 is 0 Å². The van der Waals surface area contributed by atoms with E-state index < -0.39 is 0 Å². The normalized spacial score (nSPS) is 18.4. The van der Waals surface area contributed by atoms with Gasteiger partial charge in [0, 0.05) is 11.2 Å². The zero-order chi connectivity index (χ0) is 12.3. The van der Waals surface area contributed by atoms with Gasteiger partial charge in [-0.25, -0.2) is 0 Å². The molecule has 0 aliphatic heterocycles. The van der Waals surface area contributed by atoms with E-state index in [1.54, 1.807) is 0 Å². The average Bonchev–Trinajstić information content (AvgIpc) is 2.29. The smallest absolute Gasteiger partial charge is 0.0994 e. The Morgan fingerprint density at radius 1 is 1.24 bits per heavy atom. The van der Waals surface area contributed by atoms with Crippen molar-refractivity contribution >= 4 is 5.69 Å². The fourth-order valence-corrected chi connectivity index (χ4v) is 2.67. The van der Waals surface area contributed by atoms with Crippen molar-refractivity contribution in [2.75, 3.05) is 5.32 Å². The van der Waals surface area contributed by atoms with Crippen molar-refractivity contribution in [1.82, 2.24) is 0 Å². The molecule has 1 aromatic carbocycles. The number of nitrogens with one attached hydrogen (secondary N) is 1. The van der Waals surface area contributed by atoms with E-state index in [1.807, 2.05) is 19.1 Å². The van der Waals surface area contributed by atoms with Crippen LogP contribution in [0.3, 0.4) is 0 Å². The molecular formula is C15H20N2. The second kappa shape index (κ2) is 4.79. The summed E-state index contributed by atoms with van der Waals surface area (Å²) in [6, 6.07) is 8.22. The maximum Gasteiger partial charge on any atom is 0.0994 e. The Bertz CT molecular complexity index is 437. The quantitative estimate of drug-likeness (QED) is 0.830. The van der Waals surface area contributed by atoms with Crippen LogP contribution in [0.5, 0.6) is 0 Å². The standard InChI is InChI=1S/C15H20N2/c1-12-10-14(7-6-13(12)11-16)17-15(2)8-4-3-5-9-15/h6-7,10,17H,3-5,8-9H2,1-2H3. The number of rotatable bonds is 2. The number of nitrogens with zero attached hydrogens (tertiary/aromatic N) is 1. The molecule has 1 aliphatic carbocycles. The Morgan fingerprint density at radius 2 is 1.94 bits per heavy atom. The van der Waals surface area contributed by atoms with Gasteiger partial charge in [0.05, 0.1) is 11.6 Å². The minimum atomic E-state index is 0.235. The van der Waals surface area contributed by atoms with Gasteiger partial charge in [0.1, 0.15) is 0 Å². The first-order chi connectivity index (χ1) is 8.13. The highest BCUT2D eigenvalue weighted by atomic mass is 15.0. The highest BCUT2D eigenvalue weighted by molar-refractivity contribution is 5.52. The monoisotopic (exact) mass is 228 g/mol. The van der Waals surface area contributed by atoms with Crippen molar-refractivity contribution in [2.45, 2.75) is 51.5 Å². The maximum absolute atomic E-state index is 8.91. The molecule has 2 nitrogen and oxygen atoms in total. The third kappa shape index (κ3) is 2.79. The molecule has 90 valence electrons. The molecule has 1 saturated carbocycles. The lowest BCUT2D eigenvalue weighted by Crippen LogP contribution is -2.36. The van der Waals surface area contributed by atoms with Crippen molar-refractivity contribution in [2.24, 2.45) is 0 Å². The Kier molecular flexibility index (Phi) is 3.38. The second-order valence-electron chi connectivity index (χ2n) is 5.39. The summed E-state index contributed by atoms with van der Waals surface area (Å²) >= 11 is 0. The minimum absolute atomic E-state index is 0.235. The first kappa shape index (κ1) is 12.0. The highest BCUT2D eigenvalue weighted by Gasteiger charge is 2.26. The molecular weight excluding hydrogens is 208 g/mol. The lowest BCUT2D eigenvalue weighted by Gasteiger charge is -2.35. The molecule has 0 saturated heterocycles. The van der Waals surface area contributed by atoms with Gasteiger partial charge in [-0.2, -0.15) is 5.26 Å². The molecule has 0 heterocycles. The van der Waals surface area contributed by atoms with Gasteiger partial charge in [-0.05, 0) is 50.5 Å². The van der Waals surface area contributed by atoms with Gasteiger partial charge in [0.15, 0.2) is 0 Å². The lowest BCUT2D eigenvalue weighted by atomic mass is 9.83. The molecule has 1 fully saturated rings. The summed E-state index contributed by atoms with van der Waals surface area (Å²) in [5, 5.41) is 12.6. The summed E-state index contributed by atoms with van der Waals surface area (Å²) in [4.78, 5) is 0. The van der Waals surface area contributed by atoms with E-state index in [9.17, 15) is 0 Å². The van der Waals surface area contributed by atoms with Crippen molar-refractivity contribution in [1.29, 1.82) is 5.26 Å². The zero-order valence-electron chi connectivity index (χ0n) is 10.7. The van der Waals surface area contributed by atoms with E-state index in [4.69, 9.17) is 5.26 Å². The summed E-state index contributed by atoms with van der Waals surface area (Å²) in [6.45, 7) is 4.30. The maximum atomic E-state index is 8.91. The molecule has 0 atom stereocenters. The minimum Gasteiger partial charge on any atom is -0.380 e. The van der Waals surface area contributed by atoms with Crippen LogP contribution in [0, 0.1) is 18.3 Å². The molecule has 2 heteroatoms. The first-order valence-corrected chi connectivity index (χ1v) is 6.42. The molecule has 1 aromatic rings. The average molecular weight is 228 g/mol. The van der Waals surface area contributed by atoms with Crippen LogP contribution in [0.15, 0.2) is 18.2 Å². The fourth-order valence-electron chi connectivity index (χ4n) is 2.67. The van der Waals surface area contributed by atoms with Crippen molar-refractivity contribution in [3.8, 4) is 6.07 Å². The zero-order valence-corrected chi connectivity index (χ0v) is 10.7. The number of aryl methyl sites for hydroxylation is 1. The molecule has 17 heavy (non-hydrogen) atoms. The molecule has 0 spiro atoms. The van der Waals surface area contributed by atoms with Gasteiger partial charge in [0.2, 0.25) is 0 Å². The van der Waals surface area contributed by atoms with Crippen LogP contribution >= 0.6 is 0 Å². The highest BCUT2D eigenvalue weighted by Crippen LogP contribution is 2.31. The predicted octanol–water partition coefficient (Wildman–Crippen LogP) is 4.00. The summed E-state index contributed by atoms with van der Waals surface area (Å²) in [5.74, 6) is 0. The van der Waals surface area contributed by atoms with E-state index in [0.717, 1.165) is 16.8 Å². The number of nitriles is 1. The molecule has 0 amide bonds. The van der Waals surface area contributed by atoms with Crippen molar-refractivity contribution in [3.05, 3.63) is 29.3 Å². The molecule has 0 unspecified atom stereocenters. The number of benzene rings is 1. The third-order valence-electron chi connectivity index (χ3n) is 3.75. The van der Waals surface area contributed by atoms with Gasteiger partial charge < -0.3 is 5.32 Å².